The predicted molar refractivity (Wildman–Crippen MR) is 99.3 cm³/mol. The third-order valence-electron chi connectivity index (χ3n) is 5.03. The first-order valence-electron chi connectivity index (χ1n) is 9.43. The molecule has 4 aliphatic rings. The Morgan fingerprint density at radius 3 is 1.48 bits per heavy atom. The van der Waals surface area contributed by atoms with Crippen LogP contribution in [0.4, 0.5) is 0 Å². The lowest BCUT2D eigenvalue weighted by molar-refractivity contribution is -0.154. The summed E-state index contributed by atoms with van der Waals surface area (Å²) in [4.78, 5) is 26.2. The fraction of sp³-hybridized carbons (Fsp3) is 0.545. The predicted octanol–water partition coefficient (Wildman–Crippen LogP) is 3.63. The number of epoxide rings is 1. The molecular weight excluding hydrogens is 344 g/mol. The summed E-state index contributed by atoms with van der Waals surface area (Å²) >= 11 is 0. The van der Waals surface area contributed by atoms with Crippen molar-refractivity contribution in [2.75, 3.05) is 0 Å². The maximum absolute atomic E-state index is 13.1. The standard InChI is InChI=1S/C22H26O5/c1-21(2,3)26-19(23)15-13-11-9-7-8-10-12(11)14(18-17(13)25-18)16(15)20(24)27-22(4,5)6/h7-10,13-14,17-18H,1-6H3/t13-,14+,17+,18-. The second-order valence-electron chi connectivity index (χ2n) is 9.48. The molecule has 5 nitrogen and oxygen atoms in total. The van der Waals surface area contributed by atoms with Gasteiger partial charge in [-0.1, -0.05) is 24.3 Å². The van der Waals surface area contributed by atoms with Gasteiger partial charge in [-0.25, -0.2) is 9.59 Å². The van der Waals surface area contributed by atoms with E-state index < -0.39 is 23.1 Å². The van der Waals surface area contributed by atoms with Crippen LogP contribution < -0.4 is 0 Å². The van der Waals surface area contributed by atoms with Crippen LogP contribution in [0.2, 0.25) is 0 Å². The summed E-state index contributed by atoms with van der Waals surface area (Å²) in [5, 5.41) is 0. The molecule has 0 saturated carbocycles. The third kappa shape index (κ3) is 3.08. The van der Waals surface area contributed by atoms with E-state index in [-0.39, 0.29) is 24.0 Å². The van der Waals surface area contributed by atoms with Crippen molar-refractivity contribution in [1.29, 1.82) is 0 Å². The van der Waals surface area contributed by atoms with Crippen LogP contribution in [-0.4, -0.2) is 35.3 Å². The Bertz CT molecular complexity index is 783. The van der Waals surface area contributed by atoms with E-state index in [1.807, 2.05) is 65.8 Å². The molecule has 0 spiro atoms. The summed E-state index contributed by atoms with van der Waals surface area (Å²) < 4.78 is 17.2. The van der Waals surface area contributed by atoms with Gasteiger partial charge in [0.15, 0.2) is 0 Å². The first-order chi connectivity index (χ1) is 12.5. The van der Waals surface area contributed by atoms with Gasteiger partial charge in [-0.2, -0.15) is 0 Å². The van der Waals surface area contributed by atoms with Crippen LogP contribution in [0.1, 0.15) is 64.5 Å². The molecule has 2 bridgehead atoms. The molecule has 0 aromatic heterocycles. The Morgan fingerprint density at radius 1 is 0.778 bits per heavy atom. The van der Waals surface area contributed by atoms with Crippen molar-refractivity contribution < 1.29 is 23.8 Å². The first kappa shape index (κ1) is 18.2. The van der Waals surface area contributed by atoms with Gasteiger partial charge in [0.2, 0.25) is 0 Å². The molecule has 4 atom stereocenters. The highest BCUT2D eigenvalue weighted by atomic mass is 16.6. The quantitative estimate of drug-likeness (QED) is 0.588. The molecule has 1 aromatic rings. The van der Waals surface area contributed by atoms with E-state index in [1.54, 1.807) is 0 Å². The van der Waals surface area contributed by atoms with Crippen molar-refractivity contribution in [3.05, 3.63) is 46.5 Å². The number of esters is 2. The summed E-state index contributed by atoms with van der Waals surface area (Å²) in [6, 6.07) is 7.94. The van der Waals surface area contributed by atoms with Gasteiger partial charge in [-0.05, 0) is 52.7 Å². The third-order valence-corrected chi connectivity index (χ3v) is 5.03. The van der Waals surface area contributed by atoms with Crippen LogP contribution >= 0.6 is 0 Å². The molecule has 1 heterocycles. The Balaban J connectivity index is 1.85. The van der Waals surface area contributed by atoms with Crippen LogP contribution in [0.5, 0.6) is 0 Å². The molecule has 1 aliphatic heterocycles. The van der Waals surface area contributed by atoms with Crippen LogP contribution in [0.3, 0.4) is 0 Å². The number of carbonyl (C=O) groups excluding carboxylic acids is 2. The van der Waals surface area contributed by atoms with E-state index in [4.69, 9.17) is 14.2 Å². The summed E-state index contributed by atoms with van der Waals surface area (Å²) in [5.41, 5.74) is 1.61. The molecule has 1 saturated heterocycles. The largest absolute Gasteiger partial charge is 0.457 e. The Kier molecular flexibility index (Phi) is 3.83. The highest BCUT2D eigenvalue weighted by Gasteiger charge is 2.64. The lowest BCUT2D eigenvalue weighted by Gasteiger charge is -2.38. The molecule has 5 heteroatoms. The van der Waals surface area contributed by atoms with Gasteiger partial charge < -0.3 is 14.2 Å². The number of carbonyl (C=O) groups is 2. The zero-order chi connectivity index (χ0) is 19.7. The first-order valence-corrected chi connectivity index (χ1v) is 9.43. The maximum atomic E-state index is 13.1. The lowest BCUT2D eigenvalue weighted by atomic mass is 9.63. The number of hydrogen-bond donors (Lipinski definition) is 0. The molecule has 144 valence electrons. The van der Waals surface area contributed by atoms with Gasteiger partial charge in [0.1, 0.15) is 11.2 Å². The fourth-order valence-electron chi connectivity index (χ4n) is 4.22. The van der Waals surface area contributed by atoms with Crippen LogP contribution in [-0.2, 0) is 23.8 Å². The van der Waals surface area contributed by atoms with E-state index in [9.17, 15) is 9.59 Å². The summed E-state index contributed by atoms with van der Waals surface area (Å²) in [7, 11) is 0. The minimum Gasteiger partial charge on any atom is -0.457 e. The van der Waals surface area contributed by atoms with Crippen LogP contribution in [0.15, 0.2) is 35.4 Å². The number of rotatable bonds is 2. The molecule has 5 rings (SSSR count). The van der Waals surface area contributed by atoms with Crippen LogP contribution in [0, 0.1) is 0 Å². The van der Waals surface area contributed by atoms with E-state index >= 15 is 0 Å². The molecule has 0 radical (unpaired) electrons. The van der Waals surface area contributed by atoms with Gasteiger partial charge in [0.25, 0.3) is 0 Å². The zero-order valence-electron chi connectivity index (χ0n) is 16.7. The number of ether oxygens (including phenoxy) is 3. The molecule has 0 unspecified atom stereocenters. The number of hydrogen-bond acceptors (Lipinski definition) is 5. The van der Waals surface area contributed by atoms with E-state index in [1.165, 1.54) is 0 Å². The molecule has 0 amide bonds. The van der Waals surface area contributed by atoms with Crippen molar-refractivity contribution in [3.63, 3.8) is 0 Å². The molecule has 0 N–H and O–H groups in total. The topological polar surface area (TPSA) is 65.1 Å². The molecule has 1 fully saturated rings. The highest BCUT2D eigenvalue weighted by Crippen LogP contribution is 2.61. The van der Waals surface area contributed by atoms with E-state index in [0.29, 0.717) is 11.1 Å². The second kappa shape index (κ2) is 5.68. The normalized spacial score (nSPS) is 28.4. The number of benzene rings is 1. The smallest absolute Gasteiger partial charge is 0.335 e. The van der Waals surface area contributed by atoms with Gasteiger partial charge in [-0.3, -0.25) is 0 Å². The van der Waals surface area contributed by atoms with Crippen molar-refractivity contribution in [1.82, 2.24) is 0 Å². The second-order valence-corrected chi connectivity index (χ2v) is 9.48. The minimum atomic E-state index is -0.650. The lowest BCUT2D eigenvalue weighted by Crippen LogP contribution is -2.41. The SMILES string of the molecule is CC(C)(C)OC(=O)C1=C(C(=O)OC(C)(C)C)[C@H]2c3ccccc3[C@@H]1[C@H]1O[C@H]12. The Morgan fingerprint density at radius 2 is 1.15 bits per heavy atom. The van der Waals surface area contributed by atoms with Gasteiger partial charge in [-0.15, -0.1) is 0 Å². The van der Waals surface area contributed by atoms with E-state index in [0.717, 1.165) is 11.1 Å². The zero-order valence-corrected chi connectivity index (χ0v) is 16.7. The maximum Gasteiger partial charge on any atom is 0.335 e. The summed E-state index contributed by atoms with van der Waals surface area (Å²) in [5.74, 6) is -1.48. The van der Waals surface area contributed by atoms with Gasteiger partial charge >= 0.3 is 11.9 Å². The average Bonchev–Trinajstić information content (AvgIpc) is 3.31. The van der Waals surface area contributed by atoms with Gasteiger partial charge in [0.05, 0.1) is 23.4 Å². The molecular formula is C22H26O5. The van der Waals surface area contributed by atoms with Crippen molar-refractivity contribution >= 4 is 11.9 Å². The highest BCUT2D eigenvalue weighted by molar-refractivity contribution is 6.05. The fourth-order valence-corrected chi connectivity index (χ4v) is 4.22. The monoisotopic (exact) mass is 370 g/mol. The molecule has 1 aromatic carbocycles. The van der Waals surface area contributed by atoms with E-state index in [2.05, 4.69) is 0 Å². The summed E-state index contributed by atoms with van der Waals surface area (Å²) in [6.45, 7) is 10.9. The van der Waals surface area contributed by atoms with Crippen molar-refractivity contribution in [2.45, 2.75) is 76.8 Å². The molecule has 27 heavy (non-hydrogen) atoms. The Labute approximate surface area is 159 Å². The van der Waals surface area contributed by atoms with Crippen molar-refractivity contribution in [3.8, 4) is 0 Å². The minimum absolute atomic E-state index is 0.0707. The van der Waals surface area contributed by atoms with Crippen LogP contribution in [0.25, 0.3) is 0 Å². The molecule has 3 aliphatic carbocycles. The van der Waals surface area contributed by atoms with Crippen molar-refractivity contribution in [2.24, 2.45) is 0 Å². The average molecular weight is 370 g/mol. The Hall–Kier alpha value is -2.14. The summed E-state index contributed by atoms with van der Waals surface area (Å²) in [6.07, 6.45) is -0.141. The van der Waals surface area contributed by atoms with Gasteiger partial charge in [0, 0.05) is 11.8 Å².